The van der Waals surface area contributed by atoms with Crippen LogP contribution in [0.5, 0.6) is 11.5 Å². The van der Waals surface area contributed by atoms with Crippen molar-refractivity contribution in [2.45, 2.75) is 6.92 Å². The Morgan fingerprint density at radius 2 is 1.83 bits per heavy atom. The highest BCUT2D eigenvalue weighted by Gasteiger charge is 2.16. The van der Waals surface area contributed by atoms with Crippen molar-refractivity contribution in [3.63, 3.8) is 0 Å². The summed E-state index contributed by atoms with van der Waals surface area (Å²) in [6.45, 7) is 1.95. The molecule has 3 aromatic rings. The summed E-state index contributed by atoms with van der Waals surface area (Å²) in [6.07, 6.45) is 1.69. The molecule has 2 N–H and O–H groups in total. The number of halogens is 1. The first-order chi connectivity index (χ1) is 11.5. The summed E-state index contributed by atoms with van der Waals surface area (Å²) in [5.41, 5.74) is 3.12. The van der Waals surface area contributed by atoms with Crippen LogP contribution in [0.15, 0.2) is 41.0 Å². The fraction of sp³-hybridized carbons (Fsp3) is 0.167. The minimum absolute atomic E-state index is 0.182. The van der Waals surface area contributed by atoms with Gasteiger partial charge in [0.2, 0.25) is 0 Å². The second-order valence-corrected chi connectivity index (χ2v) is 6.28. The number of carbonyl (C=O) groups excluding carboxylic acids is 1. The molecule has 2 aromatic carbocycles. The highest BCUT2D eigenvalue weighted by molar-refractivity contribution is 9.10. The molecule has 0 saturated heterocycles. The number of carbonyl (C=O) groups is 1. The largest absolute Gasteiger partial charge is 0.493 e. The number of anilines is 1. The number of H-pyrrole nitrogens is 1. The molecule has 0 spiro atoms. The minimum Gasteiger partial charge on any atom is -0.493 e. The lowest BCUT2D eigenvalue weighted by Crippen LogP contribution is -2.12. The highest BCUT2D eigenvalue weighted by Crippen LogP contribution is 2.33. The number of rotatable bonds is 4. The number of hydrogen-bond acceptors (Lipinski definition) is 3. The number of hydrogen-bond donors (Lipinski definition) is 2. The van der Waals surface area contributed by atoms with Gasteiger partial charge in [0.05, 0.1) is 25.3 Å². The summed E-state index contributed by atoms with van der Waals surface area (Å²) >= 11 is 3.42. The molecule has 3 rings (SSSR count). The fourth-order valence-corrected chi connectivity index (χ4v) is 3.07. The molecule has 0 saturated carbocycles. The molecular weight excluding hydrogens is 372 g/mol. The van der Waals surface area contributed by atoms with E-state index in [1.54, 1.807) is 26.5 Å². The number of aromatic nitrogens is 1. The Morgan fingerprint density at radius 1 is 1.12 bits per heavy atom. The summed E-state index contributed by atoms with van der Waals surface area (Å²) < 4.78 is 11.6. The summed E-state index contributed by atoms with van der Waals surface area (Å²) in [5, 5.41) is 3.72. The number of benzene rings is 2. The van der Waals surface area contributed by atoms with Gasteiger partial charge < -0.3 is 19.8 Å². The number of fused-ring (bicyclic) bond motifs is 1. The Balaban J connectivity index is 1.98. The summed E-state index contributed by atoms with van der Waals surface area (Å²) in [7, 11) is 3.15. The van der Waals surface area contributed by atoms with Crippen LogP contribution < -0.4 is 14.8 Å². The number of methoxy groups -OCH3 is 2. The van der Waals surface area contributed by atoms with Crippen LogP contribution in [-0.2, 0) is 0 Å². The average Bonchev–Trinajstić information content (AvgIpc) is 2.98. The zero-order valence-corrected chi connectivity index (χ0v) is 15.2. The van der Waals surface area contributed by atoms with Gasteiger partial charge in [-0.1, -0.05) is 15.9 Å². The summed E-state index contributed by atoms with van der Waals surface area (Å²) in [5.74, 6) is 1.01. The third-order valence-corrected chi connectivity index (χ3v) is 4.36. The van der Waals surface area contributed by atoms with Crippen LogP contribution in [-0.4, -0.2) is 25.1 Å². The van der Waals surface area contributed by atoms with Crippen molar-refractivity contribution in [1.29, 1.82) is 0 Å². The van der Waals surface area contributed by atoms with Crippen LogP contribution in [0.25, 0.3) is 10.9 Å². The lowest BCUT2D eigenvalue weighted by molar-refractivity contribution is 0.102. The number of nitrogens with one attached hydrogen (secondary N) is 2. The zero-order chi connectivity index (χ0) is 17.3. The Labute approximate surface area is 148 Å². The first-order valence-electron chi connectivity index (χ1n) is 7.34. The molecule has 124 valence electrons. The summed E-state index contributed by atoms with van der Waals surface area (Å²) in [6, 6.07) is 9.34. The van der Waals surface area contributed by atoms with Crippen molar-refractivity contribution in [3.8, 4) is 11.5 Å². The van der Waals surface area contributed by atoms with Gasteiger partial charge in [-0.25, -0.2) is 0 Å². The molecule has 24 heavy (non-hydrogen) atoms. The molecule has 6 heteroatoms. The van der Waals surface area contributed by atoms with E-state index >= 15 is 0 Å². The third kappa shape index (κ3) is 2.97. The number of aromatic amines is 1. The van der Waals surface area contributed by atoms with E-state index in [4.69, 9.17) is 9.47 Å². The van der Waals surface area contributed by atoms with Crippen molar-refractivity contribution in [3.05, 3.63) is 52.1 Å². The Bertz CT molecular complexity index is 918. The number of ether oxygens (including phenoxy) is 2. The first-order valence-corrected chi connectivity index (χ1v) is 8.13. The third-order valence-electron chi connectivity index (χ3n) is 3.87. The van der Waals surface area contributed by atoms with E-state index in [2.05, 4.69) is 26.2 Å². The SMILES string of the molecule is COc1cc2[nH]cc(C(=O)Nc3ccc(Br)cc3C)c2cc1OC. The van der Waals surface area contributed by atoms with Crippen LogP contribution in [0.2, 0.25) is 0 Å². The maximum Gasteiger partial charge on any atom is 0.257 e. The maximum absolute atomic E-state index is 12.7. The van der Waals surface area contributed by atoms with Gasteiger partial charge in [0, 0.05) is 27.8 Å². The molecule has 0 aliphatic carbocycles. The summed E-state index contributed by atoms with van der Waals surface area (Å²) in [4.78, 5) is 15.8. The second-order valence-electron chi connectivity index (χ2n) is 5.37. The van der Waals surface area contributed by atoms with Gasteiger partial charge >= 0.3 is 0 Å². The van der Waals surface area contributed by atoms with E-state index in [-0.39, 0.29) is 5.91 Å². The monoisotopic (exact) mass is 388 g/mol. The Morgan fingerprint density at radius 3 is 2.50 bits per heavy atom. The molecule has 1 heterocycles. The van der Waals surface area contributed by atoms with Crippen molar-refractivity contribution >= 4 is 38.4 Å². The van der Waals surface area contributed by atoms with Gasteiger partial charge in [-0.05, 0) is 36.8 Å². The predicted molar refractivity (Wildman–Crippen MR) is 98.2 cm³/mol. The topological polar surface area (TPSA) is 63.4 Å². The van der Waals surface area contributed by atoms with Crippen LogP contribution in [0, 0.1) is 6.92 Å². The molecule has 0 aliphatic heterocycles. The molecule has 5 nitrogen and oxygen atoms in total. The van der Waals surface area contributed by atoms with E-state index < -0.39 is 0 Å². The van der Waals surface area contributed by atoms with Crippen LogP contribution in [0.1, 0.15) is 15.9 Å². The van der Waals surface area contributed by atoms with Crippen molar-refractivity contribution in [1.82, 2.24) is 4.98 Å². The molecule has 1 aromatic heterocycles. The molecule has 0 atom stereocenters. The molecular formula is C18H17BrN2O3. The molecule has 0 radical (unpaired) electrons. The Kier molecular flexibility index (Phi) is 4.49. The zero-order valence-electron chi connectivity index (χ0n) is 13.6. The number of amides is 1. The van der Waals surface area contributed by atoms with E-state index in [0.29, 0.717) is 17.1 Å². The fourth-order valence-electron chi connectivity index (χ4n) is 2.59. The van der Waals surface area contributed by atoms with E-state index in [9.17, 15) is 4.79 Å². The van der Waals surface area contributed by atoms with E-state index in [0.717, 1.165) is 26.6 Å². The highest BCUT2D eigenvalue weighted by atomic mass is 79.9. The van der Waals surface area contributed by atoms with Gasteiger partial charge in [0.25, 0.3) is 5.91 Å². The average molecular weight is 389 g/mol. The van der Waals surface area contributed by atoms with E-state index in [1.807, 2.05) is 31.2 Å². The van der Waals surface area contributed by atoms with Gasteiger partial charge in [-0.15, -0.1) is 0 Å². The standard InChI is InChI=1S/C18H17BrN2O3/c1-10-6-11(19)4-5-14(10)21-18(22)13-9-20-15-8-17(24-3)16(23-2)7-12(13)15/h4-9,20H,1-3H3,(H,21,22). The number of aryl methyl sites for hydroxylation is 1. The molecule has 0 aliphatic rings. The van der Waals surface area contributed by atoms with Crippen molar-refractivity contribution in [2.75, 3.05) is 19.5 Å². The normalized spacial score (nSPS) is 10.7. The van der Waals surface area contributed by atoms with Crippen LogP contribution in [0.4, 0.5) is 5.69 Å². The van der Waals surface area contributed by atoms with Crippen molar-refractivity contribution < 1.29 is 14.3 Å². The lowest BCUT2D eigenvalue weighted by atomic mass is 10.1. The minimum atomic E-state index is -0.182. The molecule has 0 bridgehead atoms. The Hall–Kier alpha value is -2.47. The van der Waals surface area contributed by atoms with Crippen LogP contribution in [0.3, 0.4) is 0 Å². The van der Waals surface area contributed by atoms with Gasteiger partial charge in [0.15, 0.2) is 11.5 Å². The molecule has 0 fully saturated rings. The van der Waals surface area contributed by atoms with Gasteiger partial charge in [-0.2, -0.15) is 0 Å². The smallest absolute Gasteiger partial charge is 0.257 e. The van der Waals surface area contributed by atoms with Crippen LogP contribution >= 0.6 is 15.9 Å². The lowest BCUT2D eigenvalue weighted by Gasteiger charge is -2.10. The molecule has 1 amide bonds. The second kappa shape index (κ2) is 6.57. The van der Waals surface area contributed by atoms with E-state index in [1.165, 1.54) is 0 Å². The predicted octanol–water partition coefficient (Wildman–Crippen LogP) is 4.51. The van der Waals surface area contributed by atoms with Crippen molar-refractivity contribution in [2.24, 2.45) is 0 Å². The maximum atomic E-state index is 12.7. The van der Waals surface area contributed by atoms with Gasteiger partial charge in [0.1, 0.15) is 0 Å². The van der Waals surface area contributed by atoms with Gasteiger partial charge in [-0.3, -0.25) is 4.79 Å². The quantitative estimate of drug-likeness (QED) is 0.690. The first kappa shape index (κ1) is 16.4. The molecule has 0 unspecified atom stereocenters.